The van der Waals surface area contributed by atoms with Gasteiger partial charge in [0.1, 0.15) is 11.5 Å². The molecule has 0 aliphatic carbocycles. The second-order valence-electron chi connectivity index (χ2n) is 6.14. The molecule has 3 rings (SSSR count). The van der Waals surface area contributed by atoms with Crippen molar-refractivity contribution in [3.63, 3.8) is 0 Å². The second-order valence-corrected chi connectivity index (χ2v) is 6.57. The van der Waals surface area contributed by atoms with E-state index in [1.165, 1.54) is 0 Å². The van der Waals surface area contributed by atoms with Gasteiger partial charge in [-0.2, -0.15) is 4.98 Å². The van der Waals surface area contributed by atoms with Crippen LogP contribution in [0.5, 0.6) is 0 Å². The molecule has 0 unspecified atom stereocenters. The third-order valence-electron chi connectivity index (χ3n) is 4.25. The van der Waals surface area contributed by atoms with E-state index in [-0.39, 0.29) is 5.91 Å². The highest BCUT2D eigenvalue weighted by molar-refractivity contribution is 6.31. The maximum Gasteiger partial charge on any atom is 0.270 e. The van der Waals surface area contributed by atoms with Crippen molar-refractivity contribution in [2.24, 2.45) is 7.05 Å². The van der Waals surface area contributed by atoms with Gasteiger partial charge in [-0.25, -0.2) is 0 Å². The lowest BCUT2D eigenvalue weighted by molar-refractivity contribution is 0.0701. The van der Waals surface area contributed by atoms with Gasteiger partial charge in [0, 0.05) is 46.3 Å². The van der Waals surface area contributed by atoms with Crippen LogP contribution in [0.15, 0.2) is 12.3 Å². The van der Waals surface area contributed by atoms with E-state index in [9.17, 15) is 4.79 Å². The number of aryl methyl sites for hydroxylation is 1. The van der Waals surface area contributed by atoms with Crippen LogP contribution < -0.4 is 4.90 Å². The van der Waals surface area contributed by atoms with Gasteiger partial charge >= 0.3 is 0 Å². The summed E-state index contributed by atoms with van der Waals surface area (Å²) in [5.41, 5.74) is 0.628. The average molecular weight is 337 g/mol. The van der Waals surface area contributed by atoms with Gasteiger partial charge in [0.15, 0.2) is 0 Å². The highest BCUT2D eigenvalue weighted by Crippen LogP contribution is 2.27. The van der Waals surface area contributed by atoms with Gasteiger partial charge < -0.3 is 14.4 Å². The highest BCUT2D eigenvalue weighted by Gasteiger charge is 2.27. The summed E-state index contributed by atoms with van der Waals surface area (Å²) in [5, 5.41) is 7.80. The van der Waals surface area contributed by atoms with E-state index < -0.39 is 0 Å². The number of amides is 1. The largest absolute Gasteiger partial charge is 0.346 e. The van der Waals surface area contributed by atoms with Gasteiger partial charge in [-0.15, -0.1) is 5.10 Å². The van der Waals surface area contributed by atoms with Crippen LogP contribution in [-0.2, 0) is 7.05 Å². The Morgan fingerprint density at radius 3 is 2.61 bits per heavy atom. The fourth-order valence-corrected chi connectivity index (χ4v) is 3.15. The Morgan fingerprint density at radius 1 is 1.39 bits per heavy atom. The lowest BCUT2D eigenvalue weighted by atomic mass is 9.96. The fraction of sp³-hybridized carbons (Fsp3) is 0.533. The molecule has 1 saturated heterocycles. The summed E-state index contributed by atoms with van der Waals surface area (Å²) in [7, 11) is 5.67. The standard InChI is InChI=1S/C15H21ClN6O/c1-20(2)15-17-13(18-19-15)10-4-6-22(7-5-10)14(23)12-8-11(16)9-21(12)3/h8-10H,4-7H2,1-3H3,(H,17,18,19). The molecule has 1 fully saturated rings. The molecule has 2 aromatic rings. The number of carbonyl (C=O) groups is 1. The zero-order valence-corrected chi connectivity index (χ0v) is 14.3. The average Bonchev–Trinajstić information content (AvgIpc) is 3.13. The Hall–Kier alpha value is -2.02. The van der Waals surface area contributed by atoms with Crippen LogP contribution >= 0.6 is 11.6 Å². The predicted molar refractivity (Wildman–Crippen MR) is 89.0 cm³/mol. The van der Waals surface area contributed by atoms with E-state index in [1.54, 1.807) is 16.8 Å². The highest BCUT2D eigenvalue weighted by atomic mass is 35.5. The minimum Gasteiger partial charge on any atom is -0.346 e. The molecule has 2 aromatic heterocycles. The molecular weight excluding hydrogens is 316 g/mol. The normalized spacial score (nSPS) is 15.9. The Morgan fingerprint density at radius 2 is 2.09 bits per heavy atom. The molecule has 0 bridgehead atoms. The van der Waals surface area contributed by atoms with E-state index in [1.807, 2.05) is 30.9 Å². The molecule has 23 heavy (non-hydrogen) atoms. The molecule has 7 nitrogen and oxygen atoms in total. The van der Waals surface area contributed by atoms with Gasteiger partial charge in [0.25, 0.3) is 5.91 Å². The van der Waals surface area contributed by atoms with Crippen LogP contribution in [0.25, 0.3) is 0 Å². The summed E-state index contributed by atoms with van der Waals surface area (Å²) in [4.78, 5) is 20.8. The molecule has 3 heterocycles. The zero-order valence-electron chi connectivity index (χ0n) is 13.6. The van der Waals surface area contributed by atoms with E-state index >= 15 is 0 Å². The first kappa shape index (κ1) is 15.9. The number of likely N-dealkylation sites (tertiary alicyclic amines) is 1. The number of hydrogen-bond acceptors (Lipinski definition) is 4. The third kappa shape index (κ3) is 3.19. The SMILES string of the molecule is CN(C)c1n[nH]c(C2CCN(C(=O)c3cc(Cl)cn3C)CC2)n1. The number of nitrogens with one attached hydrogen (secondary N) is 1. The zero-order chi connectivity index (χ0) is 16.6. The molecule has 0 spiro atoms. The lowest BCUT2D eigenvalue weighted by Gasteiger charge is -2.31. The van der Waals surface area contributed by atoms with Gasteiger partial charge in [0.2, 0.25) is 5.95 Å². The fourth-order valence-electron chi connectivity index (χ4n) is 2.90. The molecule has 1 aliphatic rings. The number of nitrogens with zero attached hydrogens (tertiary/aromatic N) is 5. The van der Waals surface area contributed by atoms with Crippen molar-refractivity contribution in [1.82, 2.24) is 24.6 Å². The summed E-state index contributed by atoms with van der Waals surface area (Å²) in [6.45, 7) is 1.43. The van der Waals surface area contributed by atoms with Gasteiger partial charge in [-0.05, 0) is 18.9 Å². The molecule has 0 atom stereocenters. The van der Waals surface area contributed by atoms with Crippen molar-refractivity contribution < 1.29 is 4.79 Å². The molecule has 1 N–H and O–H groups in total. The summed E-state index contributed by atoms with van der Waals surface area (Å²) in [6.07, 6.45) is 3.51. The van der Waals surface area contributed by atoms with Crippen LogP contribution in [0.1, 0.15) is 35.1 Å². The Kier molecular flexibility index (Phi) is 4.30. The van der Waals surface area contributed by atoms with E-state index in [4.69, 9.17) is 11.6 Å². The Balaban J connectivity index is 1.63. The van der Waals surface area contributed by atoms with E-state index in [2.05, 4.69) is 15.2 Å². The van der Waals surface area contributed by atoms with Crippen LogP contribution in [0.3, 0.4) is 0 Å². The van der Waals surface area contributed by atoms with Crippen molar-refractivity contribution in [2.75, 3.05) is 32.1 Å². The summed E-state index contributed by atoms with van der Waals surface area (Å²) >= 11 is 5.96. The van der Waals surface area contributed by atoms with Gasteiger partial charge in [-0.3, -0.25) is 9.89 Å². The monoisotopic (exact) mass is 336 g/mol. The number of hydrogen-bond donors (Lipinski definition) is 1. The van der Waals surface area contributed by atoms with Crippen molar-refractivity contribution in [2.45, 2.75) is 18.8 Å². The molecule has 0 saturated carbocycles. The van der Waals surface area contributed by atoms with Crippen LogP contribution in [-0.4, -0.2) is 57.7 Å². The van der Waals surface area contributed by atoms with Gasteiger partial charge in [0.05, 0.1) is 5.02 Å². The van der Waals surface area contributed by atoms with Crippen molar-refractivity contribution >= 4 is 23.5 Å². The molecule has 8 heteroatoms. The van der Waals surface area contributed by atoms with Crippen molar-refractivity contribution in [3.05, 3.63) is 28.8 Å². The lowest BCUT2D eigenvalue weighted by Crippen LogP contribution is -2.38. The van der Waals surface area contributed by atoms with Crippen molar-refractivity contribution in [3.8, 4) is 0 Å². The number of carbonyl (C=O) groups excluding carboxylic acids is 1. The Labute approximate surface area is 140 Å². The number of aromatic nitrogens is 4. The number of H-pyrrole nitrogens is 1. The quantitative estimate of drug-likeness (QED) is 0.929. The van der Waals surface area contributed by atoms with Crippen LogP contribution in [0.4, 0.5) is 5.95 Å². The molecular formula is C15H21ClN6O. The maximum absolute atomic E-state index is 12.6. The topological polar surface area (TPSA) is 70.1 Å². The minimum atomic E-state index is 0.0319. The van der Waals surface area contributed by atoms with Crippen LogP contribution in [0, 0.1) is 0 Å². The number of halogens is 1. The number of piperidine rings is 1. The first-order valence-corrected chi connectivity index (χ1v) is 8.04. The third-order valence-corrected chi connectivity index (χ3v) is 4.46. The smallest absolute Gasteiger partial charge is 0.270 e. The summed E-state index contributed by atoms with van der Waals surface area (Å²) in [6, 6.07) is 1.72. The summed E-state index contributed by atoms with van der Waals surface area (Å²) in [5.74, 6) is 1.95. The van der Waals surface area contributed by atoms with Crippen molar-refractivity contribution in [1.29, 1.82) is 0 Å². The van der Waals surface area contributed by atoms with Gasteiger partial charge in [-0.1, -0.05) is 11.6 Å². The maximum atomic E-state index is 12.6. The molecule has 0 aromatic carbocycles. The Bertz CT molecular complexity index is 699. The first-order valence-electron chi connectivity index (χ1n) is 7.66. The number of aromatic amines is 1. The molecule has 1 aliphatic heterocycles. The van der Waals surface area contributed by atoms with Crippen LogP contribution in [0.2, 0.25) is 5.02 Å². The van der Waals surface area contributed by atoms with E-state index in [0.717, 1.165) is 18.7 Å². The second kappa shape index (κ2) is 6.23. The first-order chi connectivity index (χ1) is 11.0. The van der Waals surface area contributed by atoms with E-state index in [0.29, 0.717) is 35.7 Å². The molecule has 124 valence electrons. The number of rotatable bonds is 3. The number of anilines is 1. The summed E-state index contributed by atoms with van der Waals surface area (Å²) < 4.78 is 1.77. The predicted octanol–water partition coefficient (Wildman–Crippen LogP) is 1.88. The minimum absolute atomic E-state index is 0.0319. The molecule has 0 radical (unpaired) electrons. The molecule has 1 amide bonds.